The predicted octanol–water partition coefficient (Wildman–Crippen LogP) is 4.52. The molecule has 0 atom stereocenters. The third kappa shape index (κ3) is 4.69. The lowest BCUT2D eigenvalue weighted by molar-refractivity contribution is -0.143. The Balaban J connectivity index is 3.02. The molecule has 0 aliphatic rings. The van der Waals surface area contributed by atoms with Crippen molar-refractivity contribution in [1.29, 1.82) is 0 Å². The molecule has 0 heterocycles. The molecule has 2 nitrogen and oxygen atoms in total. The van der Waals surface area contributed by atoms with Crippen LogP contribution in [0.4, 0.5) is 13.2 Å². The number of halogens is 5. The van der Waals surface area contributed by atoms with Gasteiger partial charge in [-0.25, -0.2) is 0 Å². The molecule has 0 saturated heterocycles. The van der Waals surface area contributed by atoms with E-state index in [1.165, 1.54) is 32.0 Å². The summed E-state index contributed by atoms with van der Waals surface area (Å²) in [6.45, 7) is 1.78. The Labute approximate surface area is 122 Å². The molecular formula is C12H12BrClF3NO. The molecule has 1 rings (SSSR count). The molecule has 0 unspecified atom stereocenters. The first-order chi connectivity index (χ1) is 8.61. The standard InChI is InChI=1S/C12H12BrClF3NO/c1-7(2)18(6-12(15,16)17)11(19)8-3-4-9(13)10(14)5-8/h3-5,7H,6H2,1-2H3. The van der Waals surface area contributed by atoms with E-state index >= 15 is 0 Å². The van der Waals surface area contributed by atoms with Crippen molar-refractivity contribution < 1.29 is 18.0 Å². The van der Waals surface area contributed by atoms with Crippen LogP contribution in [0.3, 0.4) is 0 Å². The van der Waals surface area contributed by atoms with Crippen molar-refractivity contribution in [3.05, 3.63) is 33.3 Å². The molecule has 0 N–H and O–H groups in total. The highest BCUT2D eigenvalue weighted by atomic mass is 79.9. The largest absolute Gasteiger partial charge is 0.406 e. The molecule has 1 aromatic carbocycles. The Morgan fingerprint density at radius 2 is 2.00 bits per heavy atom. The van der Waals surface area contributed by atoms with Gasteiger partial charge in [-0.15, -0.1) is 0 Å². The first-order valence-corrected chi connectivity index (χ1v) is 6.61. The summed E-state index contributed by atoms with van der Waals surface area (Å²) in [6, 6.07) is 3.75. The maximum atomic E-state index is 12.5. The van der Waals surface area contributed by atoms with E-state index in [4.69, 9.17) is 11.6 Å². The van der Waals surface area contributed by atoms with E-state index in [0.717, 1.165) is 4.90 Å². The summed E-state index contributed by atoms with van der Waals surface area (Å²) in [5.74, 6) is -0.693. The molecule has 0 aliphatic carbocycles. The second-order valence-corrected chi connectivity index (χ2v) is 5.53. The fraction of sp³-hybridized carbons (Fsp3) is 0.417. The van der Waals surface area contributed by atoms with Crippen LogP contribution < -0.4 is 0 Å². The van der Waals surface area contributed by atoms with Crippen molar-refractivity contribution >= 4 is 33.4 Å². The van der Waals surface area contributed by atoms with Gasteiger partial charge in [0.25, 0.3) is 5.91 Å². The maximum absolute atomic E-state index is 12.5. The van der Waals surface area contributed by atoms with E-state index in [2.05, 4.69) is 15.9 Å². The third-order valence-corrected chi connectivity index (χ3v) is 3.63. The number of nitrogens with zero attached hydrogens (tertiary/aromatic N) is 1. The second-order valence-electron chi connectivity index (χ2n) is 4.27. The molecule has 0 bridgehead atoms. The molecule has 0 fully saturated rings. The fourth-order valence-corrected chi connectivity index (χ4v) is 1.90. The SMILES string of the molecule is CC(C)N(CC(F)(F)F)C(=O)c1ccc(Br)c(Cl)c1. The van der Waals surface area contributed by atoms with Gasteiger partial charge in [-0.2, -0.15) is 13.2 Å². The molecule has 7 heteroatoms. The normalized spacial score (nSPS) is 11.8. The lowest BCUT2D eigenvalue weighted by Gasteiger charge is -2.27. The van der Waals surface area contributed by atoms with Crippen LogP contribution in [-0.2, 0) is 0 Å². The number of alkyl halides is 3. The first kappa shape index (κ1) is 16.3. The van der Waals surface area contributed by atoms with Crippen molar-refractivity contribution in [2.45, 2.75) is 26.1 Å². The quantitative estimate of drug-likeness (QED) is 0.778. The van der Waals surface area contributed by atoms with Crippen LogP contribution in [-0.4, -0.2) is 29.6 Å². The molecule has 0 radical (unpaired) electrons. The molecule has 0 aromatic heterocycles. The van der Waals surface area contributed by atoms with E-state index in [1.807, 2.05) is 0 Å². The Bertz CT molecular complexity index is 477. The van der Waals surface area contributed by atoms with E-state index in [0.29, 0.717) is 4.47 Å². The minimum atomic E-state index is -4.43. The van der Waals surface area contributed by atoms with Crippen LogP contribution in [0.5, 0.6) is 0 Å². The second kappa shape index (κ2) is 6.13. The number of hydrogen-bond donors (Lipinski definition) is 0. The average Bonchev–Trinajstić information content (AvgIpc) is 2.27. The highest BCUT2D eigenvalue weighted by Gasteiger charge is 2.34. The first-order valence-electron chi connectivity index (χ1n) is 5.44. The van der Waals surface area contributed by atoms with Gasteiger partial charge in [-0.1, -0.05) is 11.6 Å². The number of amides is 1. The monoisotopic (exact) mass is 357 g/mol. The minimum absolute atomic E-state index is 0.131. The lowest BCUT2D eigenvalue weighted by Crippen LogP contribution is -2.43. The summed E-state index contributed by atoms with van der Waals surface area (Å²) >= 11 is 8.99. The average molecular weight is 359 g/mol. The molecule has 1 amide bonds. The van der Waals surface area contributed by atoms with Gasteiger partial charge in [0.15, 0.2) is 0 Å². The Hall–Kier alpha value is -0.750. The number of carbonyl (C=O) groups is 1. The van der Waals surface area contributed by atoms with Crippen LogP contribution in [0, 0.1) is 0 Å². The molecule has 19 heavy (non-hydrogen) atoms. The van der Waals surface area contributed by atoms with Gasteiger partial charge in [-0.3, -0.25) is 4.79 Å². The van der Waals surface area contributed by atoms with Crippen LogP contribution >= 0.6 is 27.5 Å². The van der Waals surface area contributed by atoms with Crippen molar-refractivity contribution in [3.8, 4) is 0 Å². The number of carbonyl (C=O) groups excluding carboxylic acids is 1. The van der Waals surface area contributed by atoms with Crippen LogP contribution in [0.15, 0.2) is 22.7 Å². The molecule has 0 saturated carbocycles. The van der Waals surface area contributed by atoms with Gasteiger partial charge in [0, 0.05) is 16.1 Å². The van der Waals surface area contributed by atoms with Crippen molar-refractivity contribution in [2.75, 3.05) is 6.54 Å². The van der Waals surface area contributed by atoms with Gasteiger partial charge < -0.3 is 4.90 Å². The summed E-state index contributed by atoms with van der Waals surface area (Å²) in [7, 11) is 0. The Kier molecular flexibility index (Phi) is 5.26. The molecular weight excluding hydrogens is 346 g/mol. The number of benzene rings is 1. The summed E-state index contributed by atoms with van der Waals surface area (Å²) in [6.07, 6.45) is -4.43. The Morgan fingerprint density at radius 1 is 1.42 bits per heavy atom. The van der Waals surface area contributed by atoms with Crippen LogP contribution in [0.25, 0.3) is 0 Å². The zero-order chi connectivity index (χ0) is 14.8. The van der Waals surface area contributed by atoms with E-state index in [1.54, 1.807) is 0 Å². The fourth-order valence-electron chi connectivity index (χ4n) is 1.48. The van der Waals surface area contributed by atoms with E-state index < -0.39 is 24.7 Å². The smallest absolute Gasteiger partial charge is 0.327 e. The Morgan fingerprint density at radius 3 is 2.42 bits per heavy atom. The summed E-state index contributed by atoms with van der Waals surface area (Å²) < 4.78 is 38.0. The maximum Gasteiger partial charge on any atom is 0.406 e. The topological polar surface area (TPSA) is 20.3 Å². The van der Waals surface area contributed by atoms with Crippen LogP contribution in [0.2, 0.25) is 5.02 Å². The molecule has 1 aromatic rings. The van der Waals surface area contributed by atoms with Gasteiger partial charge in [0.05, 0.1) is 5.02 Å². The van der Waals surface area contributed by atoms with Gasteiger partial charge in [0.2, 0.25) is 0 Å². The molecule has 0 aliphatic heterocycles. The zero-order valence-corrected chi connectivity index (χ0v) is 12.6. The number of rotatable bonds is 3. The summed E-state index contributed by atoms with van der Waals surface area (Å²) in [4.78, 5) is 12.8. The van der Waals surface area contributed by atoms with Gasteiger partial charge >= 0.3 is 6.18 Å². The lowest BCUT2D eigenvalue weighted by atomic mass is 10.1. The highest BCUT2D eigenvalue weighted by molar-refractivity contribution is 9.10. The van der Waals surface area contributed by atoms with E-state index in [9.17, 15) is 18.0 Å². The summed E-state index contributed by atoms with van der Waals surface area (Å²) in [5.41, 5.74) is 0.131. The third-order valence-electron chi connectivity index (χ3n) is 2.40. The van der Waals surface area contributed by atoms with Crippen molar-refractivity contribution in [3.63, 3.8) is 0 Å². The molecule has 0 spiro atoms. The molecule has 106 valence electrons. The summed E-state index contributed by atoms with van der Waals surface area (Å²) in [5, 5.41) is 0.279. The zero-order valence-electron chi connectivity index (χ0n) is 10.3. The van der Waals surface area contributed by atoms with Gasteiger partial charge in [0.1, 0.15) is 6.54 Å². The minimum Gasteiger partial charge on any atom is -0.327 e. The van der Waals surface area contributed by atoms with Crippen molar-refractivity contribution in [1.82, 2.24) is 4.90 Å². The number of hydrogen-bond acceptors (Lipinski definition) is 1. The van der Waals surface area contributed by atoms with Crippen LogP contribution in [0.1, 0.15) is 24.2 Å². The van der Waals surface area contributed by atoms with Crippen molar-refractivity contribution in [2.24, 2.45) is 0 Å². The van der Waals surface area contributed by atoms with E-state index in [-0.39, 0.29) is 10.6 Å². The highest BCUT2D eigenvalue weighted by Crippen LogP contribution is 2.25. The predicted molar refractivity (Wildman–Crippen MR) is 71.4 cm³/mol. The van der Waals surface area contributed by atoms with Gasteiger partial charge in [-0.05, 0) is 48.0 Å².